The van der Waals surface area contributed by atoms with Gasteiger partial charge in [0.15, 0.2) is 0 Å². The molecule has 0 saturated carbocycles. The van der Waals surface area contributed by atoms with Gasteiger partial charge in [-0.15, -0.1) is 0 Å². The van der Waals surface area contributed by atoms with E-state index in [1.807, 2.05) is 0 Å². The Morgan fingerprint density at radius 1 is 0.750 bits per heavy atom. The van der Waals surface area contributed by atoms with E-state index in [-0.39, 0.29) is 78.3 Å². The second kappa shape index (κ2) is 17.8. The third-order valence-electron chi connectivity index (χ3n) is 0. The average Bonchev–Trinajstić information content (AvgIpc) is 0. The van der Waals surface area contributed by atoms with Crippen molar-refractivity contribution >= 4 is 0 Å². The van der Waals surface area contributed by atoms with Gasteiger partial charge in [-0.1, -0.05) is 0 Å². The van der Waals surface area contributed by atoms with E-state index >= 15 is 0 Å². The minimum absolute atomic E-state index is 0. The molecule has 0 rings (SSSR count). The molecule has 0 fully saturated rings. The molecule has 0 saturated heterocycles. The summed E-state index contributed by atoms with van der Waals surface area (Å²) in [6, 6.07) is 0. The molecule has 0 amide bonds. The Hall–Kier alpha value is 2.49. The van der Waals surface area contributed by atoms with E-state index in [4.69, 9.17) is 0 Å². The summed E-state index contributed by atoms with van der Waals surface area (Å²) in [5.74, 6) is 0. The summed E-state index contributed by atoms with van der Waals surface area (Å²) in [6.07, 6.45) is 0. The van der Waals surface area contributed by atoms with Gasteiger partial charge < -0.3 is 0 Å². The zero-order chi connectivity index (χ0) is 0. The van der Waals surface area contributed by atoms with E-state index in [0.29, 0.717) is 0 Å². The van der Waals surface area contributed by atoms with Crippen molar-refractivity contribution in [3.05, 3.63) is 0 Å². The van der Waals surface area contributed by atoms with Crippen LogP contribution >= 0.6 is 0 Å². The quantitative estimate of drug-likeness (QED) is 0.545. The molecule has 0 bridgehead atoms. The second-order valence-corrected chi connectivity index (χ2v) is 0. The monoisotopic (exact) mass is 335 g/mol. The summed E-state index contributed by atoms with van der Waals surface area (Å²) in [5, 5.41) is 0. The smallest absolute Gasteiger partial charge is 0 e. The third kappa shape index (κ3) is 8.82. The van der Waals surface area contributed by atoms with Crippen molar-refractivity contribution < 1.29 is 78.3 Å². The van der Waals surface area contributed by atoms with Crippen LogP contribution in [0.3, 0.4) is 0 Å². The SMILES string of the molecule is [Ag].[Ag].[Cu].[Ni]. The van der Waals surface area contributed by atoms with Crippen LogP contribution in [0.25, 0.3) is 0 Å². The first-order chi connectivity index (χ1) is 0. The Morgan fingerprint density at radius 3 is 0.750 bits per heavy atom. The first-order valence-corrected chi connectivity index (χ1v) is 0. The van der Waals surface area contributed by atoms with E-state index in [2.05, 4.69) is 0 Å². The van der Waals surface area contributed by atoms with Gasteiger partial charge in [0.1, 0.15) is 0 Å². The Labute approximate surface area is 77.3 Å². The molecule has 0 spiro atoms. The van der Waals surface area contributed by atoms with E-state index in [1.54, 1.807) is 0 Å². The molecule has 0 aromatic heterocycles. The van der Waals surface area contributed by atoms with Crippen LogP contribution in [0.5, 0.6) is 0 Å². The number of hydrogen-bond acceptors (Lipinski definition) is 0. The molecule has 0 heterocycles. The average molecular weight is 338 g/mol. The Morgan fingerprint density at radius 2 is 0.750 bits per heavy atom. The van der Waals surface area contributed by atoms with Crippen molar-refractivity contribution in [2.45, 2.75) is 0 Å². The summed E-state index contributed by atoms with van der Waals surface area (Å²) in [4.78, 5) is 0. The molecule has 0 aromatic rings. The van der Waals surface area contributed by atoms with Crippen LogP contribution in [-0.4, -0.2) is 0 Å². The molecule has 4 heteroatoms. The van der Waals surface area contributed by atoms with Crippen molar-refractivity contribution in [1.29, 1.82) is 0 Å². The summed E-state index contributed by atoms with van der Waals surface area (Å²) in [7, 11) is 0. The van der Waals surface area contributed by atoms with Gasteiger partial charge in [-0.2, -0.15) is 0 Å². The molecule has 0 N–H and O–H groups in total. The molecule has 0 aromatic carbocycles. The molecular formula is Ag2CuNi. The zero-order valence-electron chi connectivity index (χ0n) is 1.22. The van der Waals surface area contributed by atoms with E-state index in [1.165, 1.54) is 0 Å². The van der Waals surface area contributed by atoms with Gasteiger partial charge >= 0.3 is 0 Å². The maximum absolute atomic E-state index is 0. The summed E-state index contributed by atoms with van der Waals surface area (Å²) in [6.45, 7) is 0. The van der Waals surface area contributed by atoms with Crippen LogP contribution < -0.4 is 0 Å². The minimum atomic E-state index is 0. The van der Waals surface area contributed by atoms with Crippen LogP contribution in [0.15, 0.2) is 0 Å². The Bertz CT molecular complexity index is 6.00. The van der Waals surface area contributed by atoms with Crippen LogP contribution in [0.1, 0.15) is 0 Å². The van der Waals surface area contributed by atoms with E-state index in [0.717, 1.165) is 0 Å². The molecule has 0 aliphatic carbocycles. The predicted molar refractivity (Wildman–Crippen MR) is 0 cm³/mol. The van der Waals surface area contributed by atoms with Crippen molar-refractivity contribution in [2.24, 2.45) is 0 Å². The van der Waals surface area contributed by atoms with Gasteiger partial charge in [-0.25, -0.2) is 0 Å². The molecule has 43 valence electrons. The molecule has 0 nitrogen and oxygen atoms in total. The summed E-state index contributed by atoms with van der Waals surface area (Å²) >= 11 is 0. The Balaban J connectivity index is 0. The van der Waals surface area contributed by atoms with Crippen molar-refractivity contribution in [3.63, 3.8) is 0 Å². The van der Waals surface area contributed by atoms with Gasteiger partial charge in [-0.05, 0) is 0 Å². The zero-order valence-corrected chi connectivity index (χ0v) is 6.11. The first-order valence-electron chi connectivity index (χ1n) is 0. The van der Waals surface area contributed by atoms with Crippen LogP contribution in [0.4, 0.5) is 0 Å². The molecule has 4 heavy (non-hydrogen) atoms. The fraction of sp³-hybridized carbons (Fsp3) is 0. The van der Waals surface area contributed by atoms with Gasteiger partial charge in [-0.3, -0.25) is 0 Å². The standard InChI is InChI=1S/2Ag.Cu.Ni. The predicted octanol–water partition coefficient (Wildman–Crippen LogP) is -0.0100. The molecule has 3 radical (unpaired) electrons. The van der Waals surface area contributed by atoms with Crippen LogP contribution in [-0.2, 0) is 78.3 Å². The van der Waals surface area contributed by atoms with Crippen molar-refractivity contribution in [2.75, 3.05) is 0 Å². The normalized spacial score (nSPS) is 0. The number of hydrogen-bond donors (Lipinski definition) is 0. The molecule has 0 unspecified atom stereocenters. The summed E-state index contributed by atoms with van der Waals surface area (Å²) < 4.78 is 0. The molecule has 0 aliphatic heterocycles. The third-order valence-corrected chi connectivity index (χ3v) is 0. The maximum Gasteiger partial charge on any atom is 0 e. The Kier molecular flexibility index (Phi) is 141. The molecular weight excluding hydrogens is 338 g/mol. The fourth-order valence-corrected chi connectivity index (χ4v) is 0. The fourth-order valence-electron chi connectivity index (χ4n) is 0. The van der Waals surface area contributed by atoms with Crippen molar-refractivity contribution in [3.8, 4) is 0 Å². The topological polar surface area (TPSA) is 0 Å². The van der Waals surface area contributed by atoms with E-state index < -0.39 is 0 Å². The van der Waals surface area contributed by atoms with Crippen LogP contribution in [0, 0.1) is 0 Å². The summed E-state index contributed by atoms with van der Waals surface area (Å²) in [5.41, 5.74) is 0. The van der Waals surface area contributed by atoms with Gasteiger partial charge in [0.05, 0.1) is 0 Å². The maximum atomic E-state index is 0. The number of rotatable bonds is 0. The molecule has 0 aliphatic rings. The van der Waals surface area contributed by atoms with Gasteiger partial charge in [0, 0.05) is 78.3 Å². The van der Waals surface area contributed by atoms with Crippen LogP contribution in [0.2, 0.25) is 0 Å². The first kappa shape index (κ1) is 31.5. The minimum Gasteiger partial charge on any atom is 0 e. The van der Waals surface area contributed by atoms with Gasteiger partial charge in [0.25, 0.3) is 0 Å². The van der Waals surface area contributed by atoms with E-state index in [9.17, 15) is 0 Å². The molecule has 0 atom stereocenters. The van der Waals surface area contributed by atoms with Gasteiger partial charge in [0.2, 0.25) is 0 Å². The largest absolute Gasteiger partial charge is 0 e. The second-order valence-electron chi connectivity index (χ2n) is 0. The van der Waals surface area contributed by atoms with Crippen molar-refractivity contribution in [1.82, 2.24) is 0 Å².